The predicted molar refractivity (Wildman–Crippen MR) is 92.0 cm³/mol. The van der Waals surface area contributed by atoms with Crippen molar-refractivity contribution in [3.8, 4) is 17.6 Å². The molecule has 0 amide bonds. The first kappa shape index (κ1) is 22.2. The first-order chi connectivity index (χ1) is 13.6. The summed E-state index contributed by atoms with van der Waals surface area (Å²) in [4.78, 5) is -1.18. The lowest BCUT2D eigenvalue weighted by atomic mass is 10.1. The van der Waals surface area contributed by atoms with Crippen molar-refractivity contribution in [2.45, 2.75) is 5.75 Å². The Kier molecular flexibility index (Phi) is 6.48. The minimum atomic E-state index is -4.51. The van der Waals surface area contributed by atoms with Crippen molar-refractivity contribution in [2.24, 2.45) is 0 Å². The Balaban J connectivity index is 2.53. The van der Waals surface area contributed by atoms with Gasteiger partial charge in [-0.1, -0.05) is 6.07 Å². The maximum absolute atomic E-state index is 13.8. The second-order valence-electron chi connectivity index (χ2n) is 5.55. The third-order valence-corrected chi connectivity index (χ3v) is 5.36. The Labute approximate surface area is 162 Å². The molecule has 0 aliphatic heterocycles. The number of allylic oxidation sites excluding steroid dienone is 1. The topological polar surface area (TPSA) is 76.4 Å². The molecule has 2 aromatic carbocycles. The Morgan fingerprint density at radius 2 is 1.48 bits per heavy atom. The van der Waals surface area contributed by atoms with Gasteiger partial charge in [0.05, 0.1) is 25.5 Å². The number of ether oxygens (including phenoxy) is 2. The number of rotatable bonds is 6. The van der Waals surface area contributed by atoms with Crippen LogP contribution in [0.25, 0.3) is 6.08 Å². The van der Waals surface area contributed by atoms with E-state index >= 15 is 0 Å². The van der Waals surface area contributed by atoms with E-state index < -0.39 is 55.1 Å². The van der Waals surface area contributed by atoms with Gasteiger partial charge in [0.1, 0.15) is 11.0 Å². The monoisotopic (exact) mass is 433 g/mol. The molecule has 0 aliphatic carbocycles. The quantitative estimate of drug-likeness (QED) is 0.299. The molecule has 2 aromatic rings. The molecule has 0 saturated heterocycles. The van der Waals surface area contributed by atoms with Gasteiger partial charge in [-0.3, -0.25) is 0 Å². The highest BCUT2D eigenvalue weighted by molar-refractivity contribution is 7.95. The van der Waals surface area contributed by atoms with Crippen LogP contribution in [0.1, 0.15) is 11.1 Å². The molecule has 0 aromatic heterocycles. The molecule has 5 nitrogen and oxygen atoms in total. The maximum Gasteiger partial charge on any atom is 0.200 e. The van der Waals surface area contributed by atoms with Crippen LogP contribution in [0.3, 0.4) is 0 Å². The molecule has 0 fully saturated rings. The first-order valence-corrected chi connectivity index (χ1v) is 9.29. The minimum absolute atomic E-state index is 0.104. The maximum atomic E-state index is 13.8. The summed E-state index contributed by atoms with van der Waals surface area (Å²) in [6.07, 6.45) is 0.104. The van der Waals surface area contributed by atoms with Crippen molar-refractivity contribution in [1.29, 1.82) is 5.26 Å². The predicted octanol–water partition coefficient (Wildman–Crippen LogP) is 3.88. The largest absolute Gasteiger partial charge is 0.493 e. The molecular weight excluding hydrogens is 421 g/mol. The van der Waals surface area contributed by atoms with Crippen molar-refractivity contribution in [3.05, 3.63) is 63.3 Å². The van der Waals surface area contributed by atoms with E-state index in [1.807, 2.05) is 0 Å². The molecule has 29 heavy (non-hydrogen) atoms. The van der Waals surface area contributed by atoms with Gasteiger partial charge in [-0.2, -0.15) is 5.26 Å². The summed E-state index contributed by atoms with van der Waals surface area (Å²) in [7, 11) is -1.84. The molecule has 2 rings (SSSR count). The van der Waals surface area contributed by atoms with Crippen molar-refractivity contribution in [1.82, 2.24) is 0 Å². The van der Waals surface area contributed by atoms with E-state index in [9.17, 15) is 30.4 Å². The van der Waals surface area contributed by atoms with E-state index in [1.54, 1.807) is 0 Å². The average molecular weight is 433 g/mol. The Hall–Kier alpha value is -3.13. The molecule has 0 bridgehead atoms. The van der Waals surface area contributed by atoms with Crippen LogP contribution in [0, 0.1) is 40.4 Å². The summed E-state index contributed by atoms with van der Waals surface area (Å²) in [6, 6.07) is 5.24. The lowest BCUT2D eigenvalue weighted by Crippen LogP contribution is -2.09. The second-order valence-corrected chi connectivity index (χ2v) is 7.51. The van der Waals surface area contributed by atoms with E-state index in [2.05, 4.69) is 0 Å². The smallest absolute Gasteiger partial charge is 0.200 e. The van der Waals surface area contributed by atoms with Crippen molar-refractivity contribution in [3.63, 3.8) is 0 Å². The lowest BCUT2D eigenvalue weighted by molar-refractivity contribution is 0.354. The second kappa shape index (κ2) is 8.48. The summed E-state index contributed by atoms with van der Waals surface area (Å²) in [5.41, 5.74) is -1.41. The number of sulfone groups is 1. The Morgan fingerprint density at radius 1 is 0.966 bits per heavy atom. The van der Waals surface area contributed by atoms with Gasteiger partial charge in [0.2, 0.25) is 5.82 Å². The average Bonchev–Trinajstić information content (AvgIpc) is 2.70. The number of hydrogen-bond donors (Lipinski definition) is 0. The van der Waals surface area contributed by atoms with Gasteiger partial charge in [0.25, 0.3) is 0 Å². The van der Waals surface area contributed by atoms with Crippen molar-refractivity contribution in [2.75, 3.05) is 14.2 Å². The Morgan fingerprint density at radius 3 is 1.97 bits per heavy atom. The zero-order valence-electron chi connectivity index (χ0n) is 14.9. The van der Waals surface area contributed by atoms with Gasteiger partial charge < -0.3 is 9.47 Å². The van der Waals surface area contributed by atoms with Crippen LogP contribution < -0.4 is 9.47 Å². The molecule has 0 radical (unpaired) electrons. The third kappa shape index (κ3) is 4.32. The van der Waals surface area contributed by atoms with Gasteiger partial charge in [-0.15, -0.1) is 0 Å². The van der Waals surface area contributed by atoms with E-state index in [1.165, 1.54) is 38.5 Å². The summed E-state index contributed by atoms with van der Waals surface area (Å²) in [5, 5.41) is 9.11. The van der Waals surface area contributed by atoms with Crippen LogP contribution in [0.4, 0.5) is 22.0 Å². The zero-order valence-corrected chi connectivity index (χ0v) is 15.7. The Bertz CT molecular complexity index is 1110. The molecule has 0 aliphatic rings. The zero-order chi connectivity index (χ0) is 21.9. The highest BCUT2D eigenvalue weighted by Gasteiger charge is 2.27. The van der Waals surface area contributed by atoms with Crippen LogP contribution in [-0.2, 0) is 15.6 Å². The highest BCUT2D eigenvalue weighted by Crippen LogP contribution is 2.30. The van der Waals surface area contributed by atoms with Crippen LogP contribution >= 0.6 is 0 Å². The van der Waals surface area contributed by atoms with Gasteiger partial charge >= 0.3 is 0 Å². The highest BCUT2D eigenvalue weighted by atomic mass is 32.2. The fourth-order valence-electron chi connectivity index (χ4n) is 2.34. The molecule has 0 unspecified atom stereocenters. The summed E-state index contributed by atoms with van der Waals surface area (Å²) < 4.78 is 102. The van der Waals surface area contributed by atoms with Crippen LogP contribution in [0.15, 0.2) is 23.1 Å². The SMILES string of the molecule is COc1ccc(CS(=O)(=O)/C(C#N)=C/c2c(F)c(F)c(F)c(F)c2F)cc1OC. The van der Waals surface area contributed by atoms with E-state index in [-0.39, 0.29) is 17.4 Å². The fourth-order valence-corrected chi connectivity index (χ4v) is 3.55. The van der Waals surface area contributed by atoms with Gasteiger partial charge in [0.15, 0.2) is 44.6 Å². The van der Waals surface area contributed by atoms with Crippen molar-refractivity contribution >= 4 is 15.9 Å². The number of nitriles is 1. The molecule has 11 heteroatoms. The summed E-state index contributed by atoms with van der Waals surface area (Å²) in [5.74, 6) is -11.7. The number of hydrogen-bond acceptors (Lipinski definition) is 5. The van der Waals surface area contributed by atoms with Gasteiger partial charge in [0, 0.05) is 0 Å². The van der Waals surface area contributed by atoms with E-state index in [0.29, 0.717) is 5.75 Å². The van der Waals surface area contributed by atoms with Crippen LogP contribution in [0.2, 0.25) is 0 Å². The number of methoxy groups -OCH3 is 2. The number of benzene rings is 2. The first-order valence-electron chi connectivity index (χ1n) is 7.64. The minimum Gasteiger partial charge on any atom is -0.493 e. The summed E-state index contributed by atoms with van der Waals surface area (Å²) in [6.45, 7) is 0. The fraction of sp³-hybridized carbons (Fsp3) is 0.167. The van der Waals surface area contributed by atoms with Crippen LogP contribution in [0.5, 0.6) is 11.5 Å². The van der Waals surface area contributed by atoms with Gasteiger partial charge in [-0.25, -0.2) is 30.4 Å². The third-order valence-electron chi connectivity index (χ3n) is 3.77. The molecule has 0 heterocycles. The number of nitrogens with zero attached hydrogens (tertiary/aromatic N) is 1. The summed E-state index contributed by atoms with van der Waals surface area (Å²) >= 11 is 0. The van der Waals surface area contributed by atoms with E-state index in [4.69, 9.17) is 14.7 Å². The molecule has 0 saturated carbocycles. The van der Waals surface area contributed by atoms with Crippen molar-refractivity contribution < 1.29 is 39.8 Å². The standard InChI is InChI=1S/C18H12F5NO4S/c1-27-12-4-3-9(5-13(12)28-2)8-29(25,26)10(7-24)6-11-14(19)16(21)18(23)17(22)15(11)20/h3-6H,8H2,1-2H3/b10-6+. The number of halogens is 5. The molecular formula is C18H12F5NO4S. The van der Waals surface area contributed by atoms with E-state index in [0.717, 1.165) is 0 Å². The lowest BCUT2D eigenvalue weighted by Gasteiger charge is -2.10. The van der Waals surface area contributed by atoms with Crippen LogP contribution in [-0.4, -0.2) is 22.6 Å². The molecule has 154 valence electrons. The molecule has 0 N–H and O–H groups in total. The normalized spacial score (nSPS) is 11.9. The molecule has 0 spiro atoms. The molecule has 0 atom stereocenters. The van der Waals surface area contributed by atoms with Gasteiger partial charge in [-0.05, 0) is 23.8 Å².